The van der Waals surface area contributed by atoms with Gasteiger partial charge < -0.3 is 0 Å². The Kier molecular flexibility index (Phi) is 3.35. The second kappa shape index (κ2) is 4.56. The summed E-state index contributed by atoms with van der Waals surface area (Å²) in [4.78, 5) is 0. The first kappa shape index (κ1) is 8.80. The fourth-order valence-electron chi connectivity index (χ4n) is 1.05. The molecular weight excluding hydrogens is 146 g/mol. The first-order valence-electron chi connectivity index (χ1n) is 4.20. The maximum Gasteiger partial charge on any atom is 0.0991 e. The summed E-state index contributed by atoms with van der Waals surface area (Å²) >= 11 is 0. The highest BCUT2D eigenvalue weighted by molar-refractivity contribution is 5.35. The molecule has 0 unspecified atom stereocenters. The van der Waals surface area contributed by atoms with Crippen LogP contribution >= 0.6 is 0 Å². The molecule has 61 valence electrons. The van der Waals surface area contributed by atoms with Crippen molar-refractivity contribution in [3.05, 3.63) is 41.8 Å². The quantitative estimate of drug-likeness (QED) is 0.663. The van der Waals surface area contributed by atoms with Gasteiger partial charge in [0.05, 0.1) is 11.6 Å². The maximum absolute atomic E-state index is 8.62. The summed E-state index contributed by atoms with van der Waals surface area (Å²) < 4.78 is 0. The minimum atomic E-state index is 0.736. The third-order valence-corrected chi connectivity index (χ3v) is 1.68. The molecule has 12 heavy (non-hydrogen) atoms. The lowest BCUT2D eigenvalue weighted by atomic mass is 10.1. The molecule has 1 aromatic carbocycles. The highest BCUT2D eigenvalue weighted by Crippen LogP contribution is 2.09. The average molecular weight is 158 g/mol. The van der Waals surface area contributed by atoms with Crippen LogP contribution in [0.25, 0.3) is 0 Å². The third-order valence-electron chi connectivity index (χ3n) is 1.68. The number of benzene rings is 1. The van der Waals surface area contributed by atoms with Gasteiger partial charge in [-0.25, -0.2) is 0 Å². The lowest BCUT2D eigenvalue weighted by molar-refractivity contribution is 0.913. The van der Waals surface area contributed by atoms with Crippen LogP contribution in [-0.2, 0) is 0 Å². The Balaban J connectivity index is 2.68. The van der Waals surface area contributed by atoms with E-state index in [0.717, 1.165) is 24.0 Å². The summed E-state index contributed by atoms with van der Waals surface area (Å²) in [6.07, 6.45) is 4.38. The number of nitrogens with zero attached hydrogens (tertiary/aromatic N) is 1. The van der Waals surface area contributed by atoms with Gasteiger partial charge in [-0.1, -0.05) is 25.5 Å². The van der Waals surface area contributed by atoms with Crippen molar-refractivity contribution in [3.8, 4) is 6.07 Å². The van der Waals surface area contributed by atoms with E-state index < -0.39 is 0 Å². The number of unbranched alkanes of at least 4 members (excludes halogenated alkanes) is 1. The molecule has 0 aromatic heterocycles. The predicted octanol–water partition coefficient (Wildman–Crippen LogP) is 2.91. The van der Waals surface area contributed by atoms with Crippen LogP contribution < -0.4 is 0 Å². The first-order chi connectivity index (χ1) is 5.86. The van der Waals surface area contributed by atoms with Gasteiger partial charge in [-0.05, 0) is 30.5 Å². The van der Waals surface area contributed by atoms with Gasteiger partial charge in [0.2, 0.25) is 0 Å². The lowest BCUT2D eigenvalue weighted by Crippen LogP contribution is -1.82. The van der Waals surface area contributed by atoms with Crippen LogP contribution in [0.3, 0.4) is 0 Å². The van der Waals surface area contributed by atoms with Gasteiger partial charge in [-0.2, -0.15) is 5.26 Å². The highest BCUT2D eigenvalue weighted by Gasteiger charge is 1.93. The summed E-state index contributed by atoms with van der Waals surface area (Å²) in [5.41, 5.74) is 1.88. The van der Waals surface area contributed by atoms with Crippen LogP contribution in [0.1, 0.15) is 30.9 Å². The zero-order chi connectivity index (χ0) is 8.81. The van der Waals surface area contributed by atoms with E-state index in [4.69, 9.17) is 5.26 Å². The van der Waals surface area contributed by atoms with Crippen molar-refractivity contribution in [3.63, 3.8) is 0 Å². The van der Waals surface area contributed by atoms with Crippen molar-refractivity contribution in [2.45, 2.75) is 19.8 Å². The van der Waals surface area contributed by atoms with Crippen LogP contribution in [-0.4, -0.2) is 0 Å². The number of rotatable bonds is 3. The van der Waals surface area contributed by atoms with Gasteiger partial charge >= 0.3 is 0 Å². The molecule has 0 atom stereocenters. The Morgan fingerprint density at radius 2 is 2.33 bits per heavy atom. The summed E-state index contributed by atoms with van der Waals surface area (Å²) in [5.74, 6) is 0. The number of nitriles is 1. The molecule has 1 rings (SSSR count). The third kappa shape index (κ3) is 2.39. The number of hydrogen-bond donors (Lipinski definition) is 0. The standard InChI is InChI=1S/C11H12N/c1-2-3-5-10-6-4-7-11(8-10)9-12/h4-8H,2-3H2,1H3. The number of hydrogen-bond acceptors (Lipinski definition) is 1. The molecule has 1 nitrogen and oxygen atoms in total. The van der Waals surface area contributed by atoms with Crippen LogP contribution in [0.4, 0.5) is 0 Å². The first-order valence-corrected chi connectivity index (χ1v) is 4.20. The van der Waals surface area contributed by atoms with Crippen LogP contribution in [0.2, 0.25) is 0 Å². The molecule has 0 saturated carbocycles. The second-order valence-corrected chi connectivity index (χ2v) is 2.73. The van der Waals surface area contributed by atoms with E-state index in [1.54, 1.807) is 0 Å². The Morgan fingerprint density at radius 3 is 3.00 bits per heavy atom. The van der Waals surface area contributed by atoms with Gasteiger partial charge in [0, 0.05) is 0 Å². The minimum Gasteiger partial charge on any atom is -0.192 e. The molecule has 0 fully saturated rings. The van der Waals surface area contributed by atoms with E-state index in [9.17, 15) is 0 Å². The Hall–Kier alpha value is -1.29. The van der Waals surface area contributed by atoms with Crippen molar-refractivity contribution >= 4 is 0 Å². The van der Waals surface area contributed by atoms with E-state index in [0.29, 0.717) is 0 Å². The van der Waals surface area contributed by atoms with E-state index >= 15 is 0 Å². The minimum absolute atomic E-state index is 0.736. The van der Waals surface area contributed by atoms with E-state index in [-0.39, 0.29) is 0 Å². The van der Waals surface area contributed by atoms with Crippen LogP contribution in [0.5, 0.6) is 0 Å². The highest BCUT2D eigenvalue weighted by atomic mass is 14.2. The van der Waals surface area contributed by atoms with Crippen LogP contribution in [0.15, 0.2) is 24.3 Å². The largest absolute Gasteiger partial charge is 0.192 e. The van der Waals surface area contributed by atoms with Gasteiger partial charge in [-0.15, -0.1) is 0 Å². The second-order valence-electron chi connectivity index (χ2n) is 2.73. The maximum atomic E-state index is 8.62. The lowest BCUT2D eigenvalue weighted by Gasteiger charge is -1.98. The molecule has 0 N–H and O–H groups in total. The normalized spacial score (nSPS) is 9.33. The zero-order valence-corrected chi connectivity index (χ0v) is 7.25. The van der Waals surface area contributed by atoms with E-state index in [1.807, 2.05) is 24.3 Å². The van der Waals surface area contributed by atoms with Gasteiger partial charge in [0.1, 0.15) is 0 Å². The molecule has 0 saturated heterocycles. The summed E-state index contributed by atoms with van der Waals surface area (Å²) in [6.45, 7) is 2.14. The van der Waals surface area contributed by atoms with E-state index in [2.05, 4.69) is 19.4 Å². The van der Waals surface area contributed by atoms with Crippen molar-refractivity contribution in [1.82, 2.24) is 0 Å². The summed E-state index contributed by atoms with van der Waals surface area (Å²) in [7, 11) is 0. The smallest absolute Gasteiger partial charge is 0.0991 e. The molecule has 0 aliphatic carbocycles. The topological polar surface area (TPSA) is 23.8 Å². The Morgan fingerprint density at radius 1 is 1.50 bits per heavy atom. The van der Waals surface area contributed by atoms with Crippen molar-refractivity contribution in [2.24, 2.45) is 0 Å². The fourth-order valence-corrected chi connectivity index (χ4v) is 1.05. The summed E-state index contributed by atoms with van der Waals surface area (Å²) in [5, 5.41) is 8.62. The molecular formula is C11H12N. The van der Waals surface area contributed by atoms with Crippen molar-refractivity contribution < 1.29 is 0 Å². The molecule has 0 spiro atoms. The fraction of sp³-hybridized carbons (Fsp3) is 0.273. The Bertz CT molecular complexity index is 283. The van der Waals surface area contributed by atoms with Gasteiger partial charge in [0.15, 0.2) is 0 Å². The van der Waals surface area contributed by atoms with Crippen molar-refractivity contribution in [2.75, 3.05) is 0 Å². The molecule has 1 aromatic rings. The molecule has 0 heterocycles. The summed E-state index contributed by atoms with van der Waals surface area (Å²) in [6, 6.07) is 9.80. The molecule has 0 aliphatic rings. The van der Waals surface area contributed by atoms with Crippen LogP contribution in [0, 0.1) is 17.8 Å². The molecule has 0 aliphatic heterocycles. The monoisotopic (exact) mass is 158 g/mol. The van der Waals surface area contributed by atoms with Gasteiger partial charge in [-0.3, -0.25) is 0 Å². The molecule has 0 bridgehead atoms. The Labute approximate surface area is 73.6 Å². The van der Waals surface area contributed by atoms with E-state index in [1.165, 1.54) is 0 Å². The molecule has 1 heteroatoms. The zero-order valence-electron chi connectivity index (χ0n) is 7.25. The predicted molar refractivity (Wildman–Crippen MR) is 49.5 cm³/mol. The molecule has 1 radical (unpaired) electrons. The molecule has 0 amide bonds. The van der Waals surface area contributed by atoms with Crippen molar-refractivity contribution in [1.29, 1.82) is 5.26 Å². The van der Waals surface area contributed by atoms with Gasteiger partial charge in [0.25, 0.3) is 0 Å². The SMILES string of the molecule is CCC[CH]c1cccc(C#N)c1. The average Bonchev–Trinajstić information content (AvgIpc) is 2.15.